The number of benzene rings is 1. The first-order chi connectivity index (χ1) is 10.3. The molecule has 1 aliphatic rings. The average molecular weight is 301 g/mol. The quantitative estimate of drug-likeness (QED) is 0.742. The molecule has 4 rings (SSSR count). The fourth-order valence-corrected chi connectivity index (χ4v) is 2.42. The van der Waals surface area contributed by atoms with E-state index in [0.29, 0.717) is 17.5 Å². The highest BCUT2D eigenvalue weighted by Gasteiger charge is 2.28. The Balaban J connectivity index is 1.56. The normalized spacial score (nSPS) is 14.5. The van der Waals surface area contributed by atoms with E-state index in [1.54, 1.807) is 11.0 Å². The first-order valence-corrected chi connectivity index (χ1v) is 7.22. The lowest BCUT2D eigenvalue weighted by Crippen LogP contribution is -2.06. The van der Waals surface area contributed by atoms with Crippen molar-refractivity contribution in [3.63, 3.8) is 0 Å². The molecule has 0 N–H and O–H groups in total. The Hall–Kier alpha value is -2.21. The van der Waals surface area contributed by atoms with Gasteiger partial charge in [-0.25, -0.2) is 14.3 Å². The van der Waals surface area contributed by atoms with E-state index in [0.717, 1.165) is 17.2 Å². The molecule has 2 aromatic heterocycles. The Labute approximate surface area is 126 Å². The van der Waals surface area contributed by atoms with Crippen molar-refractivity contribution in [1.82, 2.24) is 29.8 Å². The van der Waals surface area contributed by atoms with Crippen LogP contribution in [0.5, 0.6) is 0 Å². The van der Waals surface area contributed by atoms with Gasteiger partial charge in [0.25, 0.3) is 0 Å². The highest BCUT2D eigenvalue weighted by atomic mass is 35.5. The minimum Gasteiger partial charge on any atom is -0.244 e. The molecular weight excluding hydrogens is 288 g/mol. The van der Waals surface area contributed by atoms with Crippen molar-refractivity contribution in [2.45, 2.75) is 25.3 Å². The average Bonchev–Trinajstić information content (AvgIpc) is 3.05. The van der Waals surface area contributed by atoms with Crippen LogP contribution in [0.3, 0.4) is 0 Å². The van der Waals surface area contributed by atoms with Crippen LogP contribution in [0.25, 0.3) is 5.69 Å². The summed E-state index contributed by atoms with van der Waals surface area (Å²) in [4.78, 5) is 4.33. The van der Waals surface area contributed by atoms with Crippen LogP contribution in [0.1, 0.15) is 30.3 Å². The van der Waals surface area contributed by atoms with Gasteiger partial charge in [-0.2, -0.15) is 5.10 Å². The molecule has 0 bridgehead atoms. The zero-order valence-electron chi connectivity index (χ0n) is 11.2. The largest absolute Gasteiger partial charge is 0.244 e. The maximum atomic E-state index is 5.89. The van der Waals surface area contributed by atoms with Crippen molar-refractivity contribution >= 4 is 11.6 Å². The monoisotopic (exact) mass is 300 g/mol. The summed E-state index contributed by atoms with van der Waals surface area (Å²) in [6.45, 7) is 0.597. The van der Waals surface area contributed by atoms with Crippen molar-refractivity contribution in [3.8, 4) is 5.69 Å². The SMILES string of the molecule is Clc1ccc(-n2cc(Cn3ncnc3C3CC3)nn2)cc1. The molecule has 1 aromatic carbocycles. The Morgan fingerprint density at radius 1 is 1.19 bits per heavy atom. The van der Waals surface area contributed by atoms with Gasteiger partial charge in [-0.1, -0.05) is 16.8 Å². The first-order valence-electron chi connectivity index (χ1n) is 6.84. The van der Waals surface area contributed by atoms with Crippen LogP contribution in [0.2, 0.25) is 5.02 Å². The van der Waals surface area contributed by atoms with E-state index in [4.69, 9.17) is 11.6 Å². The van der Waals surface area contributed by atoms with Crippen LogP contribution < -0.4 is 0 Å². The molecule has 21 heavy (non-hydrogen) atoms. The van der Waals surface area contributed by atoms with Crippen LogP contribution in [0.15, 0.2) is 36.8 Å². The first kappa shape index (κ1) is 12.5. The molecule has 0 unspecified atom stereocenters. The lowest BCUT2D eigenvalue weighted by Gasteiger charge is -2.01. The van der Waals surface area contributed by atoms with E-state index >= 15 is 0 Å². The lowest BCUT2D eigenvalue weighted by molar-refractivity contribution is 0.627. The van der Waals surface area contributed by atoms with Crippen LogP contribution >= 0.6 is 11.6 Å². The van der Waals surface area contributed by atoms with E-state index in [1.807, 2.05) is 35.1 Å². The van der Waals surface area contributed by atoms with E-state index in [2.05, 4.69) is 20.4 Å². The van der Waals surface area contributed by atoms with Gasteiger partial charge in [-0.15, -0.1) is 5.10 Å². The molecule has 0 spiro atoms. The van der Waals surface area contributed by atoms with Crippen molar-refractivity contribution in [1.29, 1.82) is 0 Å². The molecule has 1 fully saturated rings. The van der Waals surface area contributed by atoms with Gasteiger partial charge in [-0.05, 0) is 37.1 Å². The Bertz CT molecular complexity index is 756. The van der Waals surface area contributed by atoms with Crippen molar-refractivity contribution in [3.05, 3.63) is 53.3 Å². The third-order valence-corrected chi connectivity index (χ3v) is 3.78. The van der Waals surface area contributed by atoms with Gasteiger partial charge >= 0.3 is 0 Å². The molecule has 0 aliphatic heterocycles. The minimum absolute atomic E-state index is 0.568. The molecule has 3 aromatic rings. The topological polar surface area (TPSA) is 61.4 Å². The molecule has 0 radical (unpaired) electrons. The second-order valence-electron chi connectivity index (χ2n) is 5.18. The number of nitrogens with zero attached hydrogens (tertiary/aromatic N) is 6. The van der Waals surface area contributed by atoms with Gasteiger partial charge in [0.1, 0.15) is 17.8 Å². The highest BCUT2D eigenvalue weighted by molar-refractivity contribution is 6.30. The smallest absolute Gasteiger partial charge is 0.138 e. The summed E-state index contributed by atoms with van der Waals surface area (Å²) >= 11 is 5.89. The van der Waals surface area contributed by atoms with Crippen LogP contribution in [0.4, 0.5) is 0 Å². The molecule has 1 aliphatic carbocycles. The van der Waals surface area contributed by atoms with Gasteiger partial charge in [0.2, 0.25) is 0 Å². The fraction of sp³-hybridized carbons (Fsp3) is 0.286. The van der Waals surface area contributed by atoms with E-state index < -0.39 is 0 Å². The minimum atomic E-state index is 0.568. The van der Waals surface area contributed by atoms with Crippen molar-refractivity contribution in [2.24, 2.45) is 0 Å². The molecule has 0 atom stereocenters. The van der Waals surface area contributed by atoms with Crippen molar-refractivity contribution in [2.75, 3.05) is 0 Å². The van der Waals surface area contributed by atoms with Crippen LogP contribution in [-0.2, 0) is 6.54 Å². The number of aromatic nitrogens is 6. The summed E-state index contributed by atoms with van der Waals surface area (Å²) in [5, 5.41) is 13.3. The van der Waals surface area contributed by atoms with Gasteiger partial charge in [-0.3, -0.25) is 0 Å². The van der Waals surface area contributed by atoms with Crippen LogP contribution in [0, 0.1) is 0 Å². The molecule has 2 heterocycles. The molecule has 106 valence electrons. The van der Waals surface area contributed by atoms with E-state index in [1.165, 1.54) is 12.8 Å². The molecular formula is C14H13ClN6. The van der Waals surface area contributed by atoms with Crippen molar-refractivity contribution < 1.29 is 0 Å². The summed E-state index contributed by atoms with van der Waals surface area (Å²) in [6, 6.07) is 7.49. The third-order valence-electron chi connectivity index (χ3n) is 3.53. The van der Waals surface area contributed by atoms with Crippen LogP contribution in [-0.4, -0.2) is 29.8 Å². The second-order valence-corrected chi connectivity index (χ2v) is 5.62. The number of hydrogen-bond donors (Lipinski definition) is 0. The molecule has 1 saturated carbocycles. The Kier molecular flexibility index (Phi) is 2.96. The van der Waals surface area contributed by atoms with E-state index in [-0.39, 0.29) is 0 Å². The maximum Gasteiger partial charge on any atom is 0.138 e. The fourth-order valence-electron chi connectivity index (χ4n) is 2.30. The third kappa shape index (κ3) is 2.54. The van der Waals surface area contributed by atoms with E-state index in [9.17, 15) is 0 Å². The second kappa shape index (κ2) is 4.96. The predicted molar refractivity (Wildman–Crippen MR) is 77.5 cm³/mol. The number of rotatable bonds is 4. The van der Waals surface area contributed by atoms with Gasteiger partial charge in [0.15, 0.2) is 0 Å². The molecule has 0 saturated heterocycles. The lowest BCUT2D eigenvalue weighted by atomic mass is 10.3. The maximum absolute atomic E-state index is 5.89. The Morgan fingerprint density at radius 2 is 2.00 bits per heavy atom. The van der Waals surface area contributed by atoms with Gasteiger partial charge in [0.05, 0.1) is 18.4 Å². The standard InChI is InChI=1S/C14H13ClN6/c15-11-3-5-13(6-4-11)20-7-12(18-19-20)8-21-14(10-1-2-10)16-9-17-21/h3-7,9-10H,1-2,8H2. The predicted octanol–water partition coefficient (Wildman–Crippen LogP) is 2.44. The zero-order chi connectivity index (χ0) is 14.2. The zero-order valence-corrected chi connectivity index (χ0v) is 12.0. The summed E-state index contributed by atoms with van der Waals surface area (Å²) in [7, 11) is 0. The highest BCUT2D eigenvalue weighted by Crippen LogP contribution is 2.38. The Morgan fingerprint density at radius 3 is 2.76 bits per heavy atom. The molecule has 6 nitrogen and oxygen atoms in total. The summed E-state index contributed by atoms with van der Waals surface area (Å²) in [5.41, 5.74) is 1.79. The summed E-state index contributed by atoms with van der Waals surface area (Å²) < 4.78 is 3.65. The summed E-state index contributed by atoms with van der Waals surface area (Å²) in [5.74, 6) is 1.62. The molecule has 0 amide bonds. The molecule has 7 heteroatoms. The number of halogens is 1. The number of hydrogen-bond acceptors (Lipinski definition) is 4. The summed E-state index contributed by atoms with van der Waals surface area (Å²) in [6.07, 6.45) is 5.92. The van der Waals surface area contributed by atoms with Gasteiger partial charge < -0.3 is 0 Å². The van der Waals surface area contributed by atoms with Gasteiger partial charge in [0, 0.05) is 10.9 Å².